The SMILES string of the molecule is CCC1CN(c2cc3c(cc2Cl)C(=O)C(=O)N3)CCN1C. The van der Waals surface area contributed by atoms with Crippen LogP contribution in [0.1, 0.15) is 23.7 Å². The van der Waals surface area contributed by atoms with Gasteiger partial charge in [0, 0.05) is 25.7 Å². The summed E-state index contributed by atoms with van der Waals surface area (Å²) in [6.07, 6.45) is 1.07. The van der Waals surface area contributed by atoms with E-state index in [1.165, 1.54) is 0 Å². The maximum Gasteiger partial charge on any atom is 0.296 e. The Hall–Kier alpha value is -1.59. The lowest BCUT2D eigenvalue weighted by Gasteiger charge is -2.40. The van der Waals surface area contributed by atoms with Crippen molar-refractivity contribution in [3.63, 3.8) is 0 Å². The fourth-order valence-electron chi connectivity index (χ4n) is 3.00. The van der Waals surface area contributed by atoms with Crippen LogP contribution < -0.4 is 10.2 Å². The van der Waals surface area contributed by atoms with Gasteiger partial charge in [0.25, 0.3) is 11.7 Å². The molecule has 1 aromatic rings. The number of piperazine rings is 1. The molecule has 6 heteroatoms. The van der Waals surface area contributed by atoms with E-state index >= 15 is 0 Å². The number of hydrogen-bond acceptors (Lipinski definition) is 4. The molecule has 5 nitrogen and oxygen atoms in total. The Morgan fingerprint density at radius 3 is 2.81 bits per heavy atom. The molecule has 1 amide bonds. The van der Waals surface area contributed by atoms with Crippen molar-refractivity contribution in [2.75, 3.05) is 36.9 Å². The van der Waals surface area contributed by atoms with Crippen LogP contribution in [0.5, 0.6) is 0 Å². The first-order chi connectivity index (χ1) is 10.0. The number of nitrogens with zero attached hydrogens (tertiary/aromatic N) is 2. The number of carbonyl (C=O) groups excluding carboxylic acids is 2. The van der Waals surface area contributed by atoms with Gasteiger partial charge in [-0.3, -0.25) is 14.5 Å². The van der Waals surface area contributed by atoms with Crippen molar-refractivity contribution in [3.05, 3.63) is 22.7 Å². The van der Waals surface area contributed by atoms with Gasteiger partial charge in [-0.25, -0.2) is 0 Å². The molecule has 1 fully saturated rings. The van der Waals surface area contributed by atoms with Crippen LogP contribution in [-0.4, -0.2) is 49.3 Å². The number of anilines is 2. The number of rotatable bonds is 2. The van der Waals surface area contributed by atoms with Crippen LogP contribution in [0.4, 0.5) is 11.4 Å². The number of carbonyl (C=O) groups is 2. The molecule has 2 aliphatic heterocycles. The van der Waals surface area contributed by atoms with Crippen molar-refractivity contribution in [1.29, 1.82) is 0 Å². The Kier molecular flexibility index (Phi) is 3.63. The normalized spacial score (nSPS) is 22.4. The van der Waals surface area contributed by atoms with Gasteiger partial charge in [0.15, 0.2) is 0 Å². The molecule has 1 aromatic carbocycles. The van der Waals surface area contributed by atoms with Gasteiger partial charge >= 0.3 is 0 Å². The van der Waals surface area contributed by atoms with Gasteiger partial charge in [-0.1, -0.05) is 18.5 Å². The summed E-state index contributed by atoms with van der Waals surface area (Å²) in [4.78, 5) is 27.7. The van der Waals surface area contributed by atoms with E-state index in [9.17, 15) is 9.59 Å². The number of fused-ring (bicyclic) bond motifs is 1. The lowest BCUT2D eigenvalue weighted by molar-refractivity contribution is -0.112. The summed E-state index contributed by atoms with van der Waals surface area (Å²) >= 11 is 6.33. The molecule has 0 saturated carbocycles. The summed E-state index contributed by atoms with van der Waals surface area (Å²) in [5, 5.41) is 3.13. The van der Waals surface area contributed by atoms with Crippen LogP contribution in [0.3, 0.4) is 0 Å². The molecule has 0 radical (unpaired) electrons. The predicted octanol–water partition coefficient (Wildman–Crippen LogP) is 2.01. The molecule has 2 aliphatic rings. The third-order valence-electron chi connectivity index (χ3n) is 4.38. The topological polar surface area (TPSA) is 52.7 Å². The fraction of sp³-hybridized carbons (Fsp3) is 0.467. The van der Waals surface area contributed by atoms with Gasteiger partial charge in [0.05, 0.1) is 22.0 Å². The Morgan fingerprint density at radius 2 is 2.10 bits per heavy atom. The van der Waals surface area contributed by atoms with Gasteiger partial charge in [-0.2, -0.15) is 0 Å². The van der Waals surface area contributed by atoms with Crippen molar-refractivity contribution >= 4 is 34.7 Å². The van der Waals surface area contributed by atoms with Gasteiger partial charge in [-0.15, -0.1) is 0 Å². The Labute approximate surface area is 128 Å². The van der Waals surface area contributed by atoms with E-state index in [1.807, 2.05) is 6.07 Å². The molecule has 1 unspecified atom stereocenters. The quantitative estimate of drug-likeness (QED) is 0.849. The minimum atomic E-state index is -0.581. The Bertz CT molecular complexity index is 617. The van der Waals surface area contributed by atoms with E-state index in [-0.39, 0.29) is 0 Å². The third kappa shape index (κ3) is 2.40. The highest BCUT2D eigenvalue weighted by Gasteiger charge is 2.31. The minimum absolute atomic E-state index is 0.370. The number of Topliss-reactive ketones (excluding diaryl/α,β-unsaturated/α-hetero) is 1. The molecule has 1 saturated heterocycles. The van der Waals surface area contributed by atoms with E-state index in [1.54, 1.807) is 6.07 Å². The molecular weight excluding hydrogens is 290 g/mol. The van der Waals surface area contributed by atoms with Crippen LogP contribution in [0.25, 0.3) is 0 Å². The highest BCUT2D eigenvalue weighted by molar-refractivity contribution is 6.52. The summed E-state index contributed by atoms with van der Waals surface area (Å²) in [5.74, 6) is -1.09. The zero-order valence-corrected chi connectivity index (χ0v) is 12.9. The number of nitrogens with one attached hydrogen (secondary N) is 1. The average molecular weight is 308 g/mol. The summed E-state index contributed by atoms with van der Waals surface area (Å²) in [6, 6.07) is 3.91. The predicted molar refractivity (Wildman–Crippen MR) is 83.3 cm³/mol. The molecule has 1 N–H and O–H groups in total. The second-order valence-corrected chi connectivity index (χ2v) is 6.03. The van der Waals surface area contributed by atoms with Crippen molar-refractivity contribution in [2.24, 2.45) is 0 Å². The molecule has 0 bridgehead atoms. The van der Waals surface area contributed by atoms with Crippen molar-refractivity contribution in [3.8, 4) is 0 Å². The smallest absolute Gasteiger partial charge is 0.296 e. The van der Waals surface area contributed by atoms with E-state index in [2.05, 4.69) is 29.1 Å². The van der Waals surface area contributed by atoms with Gasteiger partial charge in [-0.05, 0) is 25.6 Å². The summed E-state index contributed by atoms with van der Waals surface area (Å²) in [6.45, 7) is 4.92. The second kappa shape index (κ2) is 5.31. The Morgan fingerprint density at radius 1 is 1.33 bits per heavy atom. The van der Waals surface area contributed by atoms with Crippen LogP contribution in [0.15, 0.2) is 12.1 Å². The zero-order chi connectivity index (χ0) is 15.1. The molecule has 0 spiro atoms. The summed E-state index contributed by atoms with van der Waals surface area (Å²) < 4.78 is 0. The first kappa shape index (κ1) is 14.4. The van der Waals surface area contributed by atoms with Gasteiger partial charge in [0.1, 0.15) is 0 Å². The van der Waals surface area contributed by atoms with E-state index in [0.717, 1.165) is 31.7 Å². The first-order valence-electron chi connectivity index (χ1n) is 7.15. The standard InChI is InChI=1S/C15H18ClN3O2/c1-3-9-8-19(5-4-18(9)2)13-7-12-10(6-11(13)16)14(20)15(21)17-12/h6-7,9H,3-5,8H2,1-2H3,(H,17,20,21). The molecule has 0 aliphatic carbocycles. The molecule has 112 valence electrons. The van der Waals surface area contributed by atoms with Crippen molar-refractivity contribution < 1.29 is 9.59 Å². The summed E-state index contributed by atoms with van der Waals surface area (Å²) in [7, 11) is 2.13. The minimum Gasteiger partial charge on any atom is -0.367 e. The van der Waals surface area contributed by atoms with E-state index in [4.69, 9.17) is 11.6 Å². The van der Waals surface area contributed by atoms with E-state index < -0.39 is 11.7 Å². The van der Waals surface area contributed by atoms with Crippen molar-refractivity contribution in [2.45, 2.75) is 19.4 Å². The summed E-state index contributed by atoms with van der Waals surface area (Å²) in [5.41, 5.74) is 1.82. The van der Waals surface area contributed by atoms with Crippen LogP contribution in [0, 0.1) is 0 Å². The number of halogens is 1. The molecule has 2 heterocycles. The largest absolute Gasteiger partial charge is 0.367 e. The van der Waals surface area contributed by atoms with E-state index in [0.29, 0.717) is 22.3 Å². The number of ketones is 1. The highest BCUT2D eigenvalue weighted by Crippen LogP contribution is 2.36. The van der Waals surface area contributed by atoms with Crippen LogP contribution >= 0.6 is 11.6 Å². The van der Waals surface area contributed by atoms with Crippen molar-refractivity contribution in [1.82, 2.24) is 4.90 Å². The molecule has 21 heavy (non-hydrogen) atoms. The zero-order valence-electron chi connectivity index (χ0n) is 12.1. The Balaban J connectivity index is 1.92. The number of hydrogen-bond donors (Lipinski definition) is 1. The fourth-order valence-corrected chi connectivity index (χ4v) is 3.29. The molecular formula is C15H18ClN3O2. The average Bonchev–Trinajstić information content (AvgIpc) is 2.74. The molecule has 3 rings (SSSR count). The maximum atomic E-state index is 11.7. The number of benzene rings is 1. The lowest BCUT2D eigenvalue weighted by Crippen LogP contribution is -2.51. The van der Waals surface area contributed by atoms with Crippen LogP contribution in [0.2, 0.25) is 5.02 Å². The van der Waals surface area contributed by atoms with Gasteiger partial charge < -0.3 is 10.2 Å². The number of likely N-dealkylation sites (N-methyl/N-ethyl adjacent to an activating group) is 1. The lowest BCUT2D eigenvalue weighted by atomic mass is 10.1. The molecule has 1 atom stereocenters. The maximum absolute atomic E-state index is 11.7. The highest BCUT2D eigenvalue weighted by atomic mass is 35.5. The molecule has 0 aromatic heterocycles. The number of amides is 1. The van der Waals surface area contributed by atoms with Crippen LogP contribution in [-0.2, 0) is 4.79 Å². The third-order valence-corrected chi connectivity index (χ3v) is 4.68. The first-order valence-corrected chi connectivity index (χ1v) is 7.53. The second-order valence-electron chi connectivity index (χ2n) is 5.62. The monoisotopic (exact) mass is 307 g/mol. The van der Waals surface area contributed by atoms with Gasteiger partial charge in [0.2, 0.25) is 0 Å².